The third-order valence-corrected chi connectivity index (χ3v) is 5.32. The molecule has 1 aromatic rings. The molecule has 11 heteroatoms. The number of alkyl halides is 2. The van der Waals surface area contributed by atoms with E-state index in [1.165, 1.54) is 11.0 Å². The Morgan fingerprint density at radius 1 is 1.23 bits per heavy atom. The van der Waals surface area contributed by atoms with Crippen molar-refractivity contribution in [1.29, 1.82) is 0 Å². The van der Waals surface area contributed by atoms with Crippen LogP contribution in [-0.4, -0.2) is 75.0 Å². The van der Waals surface area contributed by atoms with Crippen molar-refractivity contribution in [2.75, 3.05) is 49.1 Å². The van der Waals surface area contributed by atoms with Crippen molar-refractivity contribution in [3.05, 3.63) is 24.0 Å². The quantitative estimate of drug-likeness (QED) is 0.744. The molecular formula is C19H23F3N4O4. The fraction of sp³-hybridized carbons (Fsp3) is 0.579. The predicted molar refractivity (Wildman–Crippen MR) is 101 cm³/mol. The zero-order chi connectivity index (χ0) is 21.3. The van der Waals surface area contributed by atoms with Crippen LogP contribution >= 0.6 is 0 Å². The van der Waals surface area contributed by atoms with E-state index in [-0.39, 0.29) is 13.1 Å². The van der Waals surface area contributed by atoms with Crippen LogP contribution in [0, 0.1) is 5.82 Å². The van der Waals surface area contributed by atoms with Gasteiger partial charge < -0.3 is 15.0 Å². The molecule has 3 fully saturated rings. The second kappa shape index (κ2) is 8.68. The van der Waals surface area contributed by atoms with Gasteiger partial charge in [-0.25, -0.2) is 9.18 Å². The van der Waals surface area contributed by atoms with E-state index in [1.54, 1.807) is 12.1 Å². The number of hydroxylamine groups is 2. The first-order chi connectivity index (χ1) is 14.4. The molecule has 4 rings (SSSR count). The molecule has 0 aromatic heterocycles. The first-order valence-electron chi connectivity index (χ1n) is 9.90. The number of anilines is 2. The largest absolute Gasteiger partial charge is 0.442 e. The number of hydrogen-bond acceptors (Lipinski definition) is 6. The lowest BCUT2D eigenvalue weighted by atomic mass is 10.2. The van der Waals surface area contributed by atoms with Crippen molar-refractivity contribution in [2.45, 2.75) is 31.4 Å². The van der Waals surface area contributed by atoms with Crippen molar-refractivity contribution in [2.24, 2.45) is 0 Å². The highest BCUT2D eigenvalue weighted by Gasteiger charge is 2.34. The number of benzene rings is 1. The molecule has 2 heterocycles. The van der Waals surface area contributed by atoms with E-state index in [0.29, 0.717) is 43.7 Å². The molecule has 30 heavy (non-hydrogen) atoms. The Morgan fingerprint density at radius 3 is 2.73 bits per heavy atom. The summed E-state index contributed by atoms with van der Waals surface area (Å²) >= 11 is 0. The van der Waals surface area contributed by atoms with Crippen LogP contribution in [0.25, 0.3) is 0 Å². The standard InChI is InChI=1S/C19H23F3N4O4/c20-15-9-13(25-11-14(30-19(25)28)10-23-18(27)17(21)22)3-4-16(15)24-5-6-26(12-1-2-12)29-8-7-24/h3-4,9,12,14,17H,1-2,5-8,10-11H2,(H,23,27)/t14-/m0/s1. The Hall–Kier alpha value is -2.53. The SMILES string of the molecule is O=C(NC[C@H]1CN(c2ccc(N3CCON(C4CC4)CC3)c(F)c2)C(=O)O1)C(F)F. The minimum Gasteiger partial charge on any atom is -0.442 e. The van der Waals surface area contributed by atoms with Crippen LogP contribution in [0.1, 0.15) is 12.8 Å². The van der Waals surface area contributed by atoms with Gasteiger partial charge in [0.1, 0.15) is 11.9 Å². The summed E-state index contributed by atoms with van der Waals surface area (Å²) in [7, 11) is 0. The predicted octanol–water partition coefficient (Wildman–Crippen LogP) is 1.75. The summed E-state index contributed by atoms with van der Waals surface area (Å²) < 4.78 is 44.4. The zero-order valence-corrected chi connectivity index (χ0v) is 16.2. The second-order valence-electron chi connectivity index (χ2n) is 7.49. The summed E-state index contributed by atoms with van der Waals surface area (Å²) in [6.45, 7) is 2.13. The summed E-state index contributed by atoms with van der Waals surface area (Å²) in [6, 6.07) is 4.94. The molecule has 0 bridgehead atoms. The van der Waals surface area contributed by atoms with E-state index in [0.717, 1.165) is 12.8 Å². The van der Waals surface area contributed by atoms with Crippen molar-refractivity contribution < 1.29 is 32.3 Å². The number of carbonyl (C=O) groups is 2. The Morgan fingerprint density at radius 2 is 2.03 bits per heavy atom. The third-order valence-electron chi connectivity index (χ3n) is 5.32. The summed E-state index contributed by atoms with van der Waals surface area (Å²) in [6.07, 6.45) is -2.40. The van der Waals surface area contributed by atoms with Gasteiger partial charge in [-0.15, -0.1) is 0 Å². The molecule has 164 valence electrons. The molecule has 2 amide bonds. The first kappa shape index (κ1) is 20.7. The van der Waals surface area contributed by atoms with E-state index in [9.17, 15) is 22.8 Å². The molecular weight excluding hydrogens is 405 g/mol. The number of cyclic esters (lactones) is 1. The van der Waals surface area contributed by atoms with E-state index in [1.807, 2.05) is 15.3 Å². The number of rotatable bonds is 6. The van der Waals surface area contributed by atoms with E-state index >= 15 is 0 Å². The number of carbonyl (C=O) groups excluding carboxylic acids is 2. The molecule has 1 atom stereocenters. The minimum absolute atomic E-state index is 0.0229. The topological polar surface area (TPSA) is 74.4 Å². The second-order valence-corrected chi connectivity index (χ2v) is 7.49. The van der Waals surface area contributed by atoms with Crippen LogP contribution in [0.4, 0.5) is 29.3 Å². The highest BCUT2D eigenvalue weighted by atomic mass is 19.3. The van der Waals surface area contributed by atoms with Gasteiger partial charge in [-0.1, -0.05) is 0 Å². The summed E-state index contributed by atoms with van der Waals surface area (Å²) in [5, 5.41) is 3.98. The van der Waals surface area contributed by atoms with Gasteiger partial charge in [-0.3, -0.25) is 14.5 Å². The third kappa shape index (κ3) is 4.62. The maximum atomic E-state index is 14.8. The number of hydrogen-bond donors (Lipinski definition) is 1. The maximum absolute atomic E-state index is 14.8. The highest BCUT2D eigenvalue weighted by molar-refractivity contribution is 5.90. The lowest BCUT2D eigenvalue weighted by Gasteiger charge is -2.24. The maximum Gasteiger partial charge on any atom is 0.414 e. The van der Waals surface area contributed by atoms with E-state index < -0.39 is 30.3 Å². The van der Waals surface area contributed by atoms with Gasteiger partial charge in [0.05, 0.1) is 31.1 Å². The molecule has 2 saturated heterocycles. The normalized spacial score (nSPS) is 22.9. The Bertz CT molecular complexity index is 808. The van der Waals surface area contributed by atoms with E-state index in [4.69, 9.17) is 9.57 Å². The van der Waals surface area contributed by atoms with Gasteiger partial charge in [0.15, 0.2) is 0 Å². The number of nitrogens with zero attached hydrogens (tertiary/aromatic N) is 3. The van der Waals surface area contributed by atoms with Crippen molar-refractivity contribution in [1.82, 2.24) is 10.4 Å². The Labute approximate surface area is 171 Å². The van der Waals surface area contributed by atoms with Crippen LogP contribution in [-0.2, 0) is 14.4 Å². The molecule has 0 spiro atoms. The smallest absolute Gasteiger partial charge is 0.414 e. The molecule has 8 nitrogen and oxygen atoms in total. The van der Waals surface area contributed by atoms with Gasteiger partial charge in [-0.2, -0.15) is 13.8 Å². The molecule has 1 aliphatic carbocycles. The number of halogens is 3. The first-order valence-corrected chi connectivity index (χ1v) is 9.90. The number of ether oxygens (including phenoxy) is 1. The zero-order valence-electron chi connectivity index (χ0n) is 16.2. The summed E-state index contributed by atoms with van der Waals surface area (Å²) in [5.74, 6) is -1.91. The van der Waals surface area contributed by atoms with Gasteiger partial charge in [0, 0.05) is 25.7 Å². The number of amides is 2. The molecule has 0 radical (unpaired) electrons. The van der Waals surface area contributed by atoms with Crippen molar-refractivity contribution in [3.63, 3.8) is 0 Å². The monoisotopic (exact) mass is 428 g/mol. The van der Waals surface area contributed by atoms with Gasteiger partial charge in [0.25, 0.3) is 5.91 Å². The average Bonchev–Trinajstić information content (AvgIpc) is 3.51. The Kier molecular flexibility index (Phi) is 6.00. The molecule has 1 N–H and O–H groups in total. The van der Waals surface area contributed by atoms with Crippen molar-refractivity contribution >= 4 is 23.4 Å². The van der Waals surface area contributed by atoms with Crippen LogP contribution in [0.5, 0.6) is 0 Å². The minimum atomic E-state index is -3.14. The van der Waals surface area contributed by atoms with Crippen molar-refractivity contribution in [3.8, 4) is 0 Å². The lowest BCUT2D eigenvalue weighted by molar-refractivity contribution is -0.154. The van der Waals surface area contributed by atoms with Crippen LogP contribution in [0.2, 0.25) is 0 Å². The fourth-order valence-electron chi connectivity index (χ4n) is 3.61. The molecule has 1 saturated carbocycles. The molecule has 1 aromatic carbocycles. The van der Waals surface area contributed by atoms with Gasteiger partial charge >= 0.3 is 12.5 Å². The van der Waals surface area contributed by atoms with E-state index in [2.05, 4.69) is 0 Å². The average molecular weight is 428 g/mol. The summed E-state index contributed by atoms with van der Waals surface area (Å²) in [5.41, 5.74) is 0.725. The molecule has 3 aliphatic rings. The van der Waals surface area contributed by atoms with Crippen LogP contribution in [0.3, 0.4) is 0 Å². The van der Waals surface area contributed by atoms with Gasteiger partial charge in [-0.05, 0) is 31.0 Å². The molecule has 2 aliphatic heterocycles. The Balaban J connectivity index is 1.38. The summed E-state index contributed by atoms with van der Waals surface area (Å²) in [4.78, 5) is 31.9. The fourth-order valence-corrected chi connectivity index (χ4v) is 3.61. The molecule has 0 unspecified atom stereocenters. The van der Waals surface area contributed by atoms with Gasteiger partial charge in [0.2, 0.25) is 0 Å². The van der Waals surface area contributed by atoms with Crippen LogP contribution < -0.4 is 15.1 Å². The number of nitrogens with one attached hydrogen (secondary N) is 1. The lowest BCUT2D eigenvalue weighted by Crippen LogP contribution is -2.37. The highest BCUT2D eigenvalue weighted by Crippen LogP contribution is 2.30. The van der Waals surface area contributed by atoms with Crippen LogP contribution in [0.15, 0.2) is 18.2 Å².